The van der Waals surface area contributed by atoms with Gasteiger partial charge in [-0.3, -0.25) is 15.3 Å². The van der Waals surface area contributed by atoms with Gasteiger partial charge in [0.05, 0.1) is 6.10 Å². The van der Waals surface area contributed by atoms with Gasteiger partial charge in [-0.1, -0.05) is 6.07 Å². The third kappa shape index (κ3) is 3.60. The van der Waals surface area contributed by atoms with E-state index in [0.29, 0.717) is 18.8 Å². The molecule has 5 heteroatoms. The molecule has 0 saturated carbocycles. The van der Waals surface area contributed by atoms with Crippen molar-refractivity contribution in [3.05, 3.63) is 29.6 Å². The van der Waals surface area contributed by atoms with Gasteiger partial charge in [0.1, 0.15) is 11.5 Å². The van der Waals surface area contributed by atoms with E-state index in [1.807, 2.05) is 24.1 Å². The molecular formula is C11H18N4O. The first kappa shape index (κ1) is 12.6. The predicted molar refractivity (Wildman–Crippen MR) is 63.3 cm³/mol. The minimum absolute atomic E-state index is 0.0268. The second kappa shape index (κ2) is 5.58. The molecule has 0 aliphatic rings. The summed E-state index contributed by atoms with van der Waals surface area (Å²) < 4.78 is 0. The number of nitrogens with zero attached hydrogens (tertiary/aromatic N) is 2. The van der Waals surface area contributed by atoms with E-state index < -0.39 is 0 Å². The Morgan fingerprint density at radius 1 is 1.69 bits per heavy atom. The summed E-state index contributed by atoms with van der Waals surface area (Å²) in [5.74, 6) is -0.0268. The first-order chi connectivity index (χ1) is 7.50. The summed E-state index contributed by atoms with van der Waals surface area (Å²) in [5.41, 5.74) is 6.86. The number of aliphatic hydroxyl groups excluding tert-OH is 1. The molecule has 0 fully saturated rings. The van der Waals surface area contributed by atoms with Crippen molar-refractivity contribution in [2.45, 2.75) is 19.6 Å². The fraction of sp³-hybridized carbons (Fsp3) is 0.455. The molecule has 0 spiro atoms. The summed E-state index contributed by atoms with van der Waals surface area (Å²) in [6.07, 6.45) is 1.25. The summed E-state index contributed by atoms with van der Waals surface area (Å²) >= 11 is 0. The van der Waals surface area contributed by atoms with Crippen molar-refractivity contribution in [3.63, 3.8) is 0 Å². The second-order valence-electron chi connectivity index (χ2n) is 3.97. The normalized spacial score (nSPS) is 12.8. The Bertz CT molecular complexity index is 365. The van der Waals surface area contributed by atoms with Gasteiger partial charge < -0.3 is 10.8 Å². The standard InChI is InChI=1S/C11H18N4O/c1-8(16)6-15(2)7-9-4-3-5-14-10(9)11(12)13/h3-5,8,16H,6-7H2,1-2H3,(H3,12,13). The van der Waals surface area contributed by atoms with Crippen LogP contribution in [0.4, 0.5) is 0 Å². The maximum Gasteiger partial charge on any atom is 0.142 e. The molecular weight excluding hydrogens is 204 g/mol. The number of rotatable bonds is 5. The van der Waals surface area contributed by atoms with Crippen LogP contribution in [-0.4, -0.2) is 40.5 Å². The Kier molecular flexibility index (Phi) is 4.39. The Morgan fingerprint density at radius 2 is 2.38 bits per heavy atom. The van der Waals surface area contributed by atoms with Gasteiger partial charge in [-0.15, -0.1) is 0 Å². The Hall–Kier alpha value is -1.46. The largest absolute Gasteiger partial charge is 0.392 e. The number of nitrogens with one attached hydrogen (secondary N) is 1. The number of likely N-dealkylation sites (N-methyl/N-ethyl adjacent to an activating group) is 1. The van der Waals surface area contributed by atoms with E-state index in [9.17, 15) is 5.11 Å². The van der Waals surface area contributed by atoms with Gasteiger partial charge >= 0.3 is 0 Å². The number of hydrogen-bond donors (Lipinski definition) is 3. The van der Waals surface area contributed by atoms with Crippen molar-refractivity contribution < 1.29 is 5.11 Å². The SMILES string of the molecule is CC(O)CN(C)Cc1cccnc1C(=N)N. The molecule has 1 rings (SSSR count). The molecule has 0 saturated heterocycles. The third-order valence-corrected chi connectivity index (χ3v) is 2.16. The Morgan fingerprint density at radius 3 is 2.94 bits per heavy atom. The van der Waals surface area contributed by atoms with Crippen molar-refractivity contribution in [2.75, 3.05) is 13.6 Å². The highest BCUT2D eigenvalue weighted by atomic mass is 16.3. The van der Waals surface area contributed by atoms with Crippen LogP contribution in [0.2, 0.25) is 0 Å². The summed E-state index contributed by atoms with van der Waals surface area (Å²) in [6, 6.07) is 3.71. The van der Waals surface area contributed by atoms with Gasteiger partial charge in [0.15, 0.2) is 0 Å². The van der Waals surface area contributed by atoms with E-state index in [-0.39, 0.29) is 11.9 Å². The van der Waals surface area contributed by atoms with Crippen LogP contribution in [0.15, 0.2) is 18.3 Å². The first-order valence-electron chi connectivity index (χ1n) is 5.15. The van der Waals surface area contributed by atoms with E-state index >= 15 is 0 Å². The zero-order chi connectivity index (χ0) is 12.1. The summed E-state index contributed by atoms with van der Waals surface area (Å²) in [7, 11) is 1.91. The zero-order valence-corrected chi connectivity index (χ0v) is 9.64. The summed E-state index contributed by atoms with van der Waals surface area (Å²) in [5, 5.41) is 16.7. The Labute approximate surface area is 95.4 Å². The van der Waals surface area contributed by atoms with Crippen molar-refractivity contribution in [1.82, 2.24) is 9.88 Å². The predicted octanol–water partition coefficient (Wildman–Crippen LogP) is 0.178. The second-order valence-corrected chi connectivity index (χ2v) is 3.97. The lowest BCUT2D eigenvalue weighted by molar-refractivity contribution is 0.138. The minimum Gasteiger partial charge on any atom is -0.392 e. The van der Waals surface area contributed by atoms with Crippen molar-refractivity contribution in [1.29, 1.82) is 5.41 Å². The van der Waals surface area contributed by atoms with Crippen molar-refractivity contribution in [2.24, 2.45) is 5.73 Å². The van der Waals surface area contributed by atoms with Crippen LogP contribution in [-0.2, 0) is 6.54 Å². The van der Waals surface area contributed by atoms with E-state index in [0.717, 1.165) is 5.56 Å². The Balaban J connectivity index is 2.76. The summed E-state index contributed by atoms with van der Waals surface area (Å²) in [4.78, 5) is 6.04. The minimum atomic E-state index is -0.373. The fourth-order valence-electron chi connectivity index (χ4n) is 1.62. The molecule has 1 atom stereocenters. The van der Waals surface area contributed by atoms with Gasteiger partial charge in [0.2, 0.25) is 0 Å². The average molecular weight is 222 g/mol. The molecule has 1 unspecified atom stereocenters. The third-order valence-electron chi connectivity index (χ3n) is 2.16. The maximum absolute atomic E-state index is 9.26. The van der Waals surface area contributed by atoms with E-state index in [2.05, 4.69) is 4.98 Å². The lowest BCUT2D eigenvalue weighted by Gasteiger charge is -2.19. The smallest absolute Gasteiger partial charge is 0.142 e. The fourth-order valence-corrected chi connectivity index (χ4v) is 1.62. The molecule has 88 valence electrons. The van der Waals surface area contributed by atoms with Crippen LogP contribution >= 0.6 is 0 Å². The number of aromatic nitrogens is 1. The van der Waals surface area contributed by atoms with Crippen LogP contribution in [0.3, 0.4) is 0 Å². The van der Waals surface area contributed by atoms with E-state index in [4.69, 9.17) is 11.1 Å². The maximum atomic E-state index is 9.26. The number of aliphatic hydroxyl groups is 1. The van der Waals surface area contributed by atoms with Crippen molar-refractivity contribution in [3.8, 4) is 0 Å². The molecule has 0 radical (unpaired) electrons. The molecule has 0 amide bonds. The molecule has 1 aromatic rings. The van der Waals surface area contributed by atoms with E-state index in [1.54, 1.807) is 13.1 Å². The number of amidine groups is 1. The topological polar surface area (TPSA) is 86.2 Å². The number of nitrogen functional groups attached to an aromatic ring is 1. The van der Waals surface area contributed by atoms with Crippen LogP contribution in [0, 0.1) is 5.41 Å². The molecule has 1 aromatic heterocycles. The van der Waals surface area contributed by atoms with E-state index in [1.165, 1.54) is 0 Å². The van der Waals surface area contributed by atoms with Gasteiger partial charge in [-0.2, -0.15) is 0 Å². The van der Waals surface area contributed by atoms with Crippen LogP contribution < -0.4 is 5.73 Å². The zero-order valence-electron chi connectivity index (χ0n) is 9.64. The quantitative estimate of drug-likeness (QED) is 0.490. The van der Waals surface area contributed by atoms with Crippen LogP contribution in [0.25, 0.3) is 0 Å². The van der Waals surface area contributed by atoms with Crippen LogP contribution in [0.5, 0.6) is 0 Å². The molecule has 0 aliphatic heterocycles. The lowest BCUT2D eigenvalue weighted by atomic mass is 10.1. The number of nitrogens with two attached hydrogens (primary N) is 1. The first-order valence-corrected chi connectivity index (χ1v) is 5.15. The number of hydrogen-bond acceptors (Lipinski definition) is 4. The summed E-state index contributed by atoms with van der Waals surface area (Å²) in [6.45, 7) is 2.94. The highest BCUT2D eigenvalue weighted by molar-refractivity contribution is 5.94. The van der Waals surface area contributed by atoms with Gasteiger partial charge in [0.25, 0.3) is 0 Å². The molecule has 4 N–H and O–H groups in total. The highest BCUT2D eigenvalue weighted by Crippen LogP contribution is 2.07. The monoisotopic (exact) mass is 222 g/mol. The van der Waals surface area contributed by atoms with Crippen molar-refractivity contribution >= 4 is 5.84 Å². The molecule has 0 bridgehead atoms. The molecule has 0 aromatic carbocycles. The van der Waals surface area contributed by atoms with Gasteiger partial charge in [-0.25, -0.2) is 0 Å². The van der Waals surface area contributed by atoms with Crippen LogP contribution in [0.1, 0.15) is 18.2 Å². The average Bonchev–Trinajstić information content (AvgIpc) is 2.16. The lowest BCUT2D eigenvalue weighted by Crippen LogP contribution is -2.28. The molecule has 0 aliphatic carbocycles. The van der Waals surface area contributed by atoms with Gasteiger partial charge in [0, 0.05) is 19.3 Å². The van der Waals surface area contributed by atoms with Gasteiger partial charge in [-0.05, 0) is 25.6 Å². The highest BCUT2D eigenvalue weighted by Gasteiger charge is 2.09. The molecule has 5 nitrogen and oxygen atoms in total. The number of pyridine rings is 1. The molecule has 16 heavy (non-hydrogen) atoms. The molecule has 1 heterocycles.